The Balaban J connectivity index is 1.66. The molecule has 0 aliphatic carbocycles. The molecule has 0 atom stereocenters. The van der Waals surface area contributed by atoms with Crippen LogP contribution in [0.4, 0.5) is 0 Å². The van der Waals surface area contributed by atoms with Crippen LogP contribution >= 0.6 is 0 Å². The summed E-state index contributed by atoms with van der Waals surface area (Å²) in [7, 11) is 0. The molecule has 0 saturated carbocycles. The molecule has 0 spiro atoms. The van der Waals surface area contributed by atoms with Gasteiger partial charge in [0.2, 0.25) is 6.79 Å². The molecule has 1 N–H and O–H groups in total. The quantitative estimate of drug-likeness (QED) is 0.695. The summed E-state index contributed by atoms with van der Waals surface area (Å²) < 4.78 is 10.4. The standard InChI is InChI=1S/C16H14N2O3/c1-11-3-2-4-12(7-11)9-17-18-16(19)13-5-6-14-15(8-13)21-10-20-14/h2-9H,10H2,1H3,(H,18,19)/b17-9+. The molecular formula is C16H14N2O3. The van der Waals surface area contributed by atoms with E-state index in [4.69, 9.17) is 9.47 Å². The van der Waals surface area contributed by atoms with E-state index in [0.717, 1.165) is 11.1 Å². The lowest BCUT2D eigenvalue weighted by Gasteiger charge is -2.01. The van der Waals surface area contributed by atoms with Gasteiger partial charge < -0.3 is 9.47 Å². The molecule has 1 heterocycles. The number of hydrogen-bond acceptors (Lipinski definition) is 4. The van der Waals surface area contributed by atoms with E-state index in [0.29, 0.717) is 17.1 Å². The third-order valence-electron chi connectivity index (χ3n) is 3.06. The molecule has 21 heavy (non-hydrogen) atoms. The first-order valence-electron chi connectivity index (χ1n) is 6.52. The van der Waals surface area contributed by atoms with Crippen LogP contribution in [0.1, 0.15) is 21.5 Å². The molecule has 0 fully saturated rings. The van der Waals surface area contributed by atoms with Crippen molar-refractivity contribution in [1.29, 1.82) is 0 Å². The average Bonchev–Trinajstić information content (AvgIpc) is 2.94. The molecule has 2 aromatic rings. The van der Waals surface area contributed by atoms with Crippen LogP contribution in [0.25, 0.3) is 0 Å². The Morgan fingerprint density at radius 2 is 2.05 bits per heavy atom. The van der Waals surface area contributed by atoms with E-state index >= 15 is 0 Å². The van der Waals surface area contributed by atoms with Crippen LogP contribution in [0.5, 0.6) is 11.5 Å². The summed E-state index contributed by atoms with van der Waals surface area (Å²) >= 11 is 0. The van der Waals surface area contributed by atoms with Crippen LogP contribution in [-0.2, 0) is 0 Å². The van der Waals surface area contributed by atoms with Crippen LogP contribution < -0.4 is 14.9 Å². The molecule has 0 unspecified atom stereocenters. The maximum atomic E-state index is 12.0. The first-order chi connectivity index (χ1) is 10.2. The maximum absolute atomic E-state index is 12.0. The van der Waals surface area contributed by atoms with Crippen LogP contribution in [0.3, 0.4) is 0 Å². The van der Waals surface area contributed by atoms with E-state index in [1.807, 2.05) is 31.2 Å². The summed E-state index contributed by atoms with van der Waals surface area (Å²) in [6.07, 6.45) is 1.61. The second-order valence-corrected chi connectivity index (χ2v) is 4.68. The number of hydrazone groups is 1. The predicted molar refractivity (Wildman–Crippen MR) is 78.8 cm³/mol. The number of rotatable bonds is 3. The van der Waals surface area contributed by atoms with Gasteiger partial charge in [0.1, 0.15) is 0 Å². The maximum Gasteiger partial charge on any atom is 0.271 e. The Labute approximate surface area is 122 Å². The normalized spacial score (nSPS) is 12.6. The number of amides is 1. The minimum Gasteiger partial charge on any atom is -0.454 e. The summed E-state index contributed by atoms with van der Waals surface area (Å²) in [5.74, 6) is 0.928. The SMILES string of the molecule is Cc1cccc(/C=N/NC(=O)c2ccc3c(c2)OCO3)c1. The van der Waals surface area contributed by atoms with Crippen LogP contribution in [0.2, 0.25) is 0 Å². The Hall–Kier alpha value is -2.82. The van der Waals surface area contributed by atoms with Crippen molar-refractivity contribution in [2.24, 2.45) is 5.10 Å². The highest BCUT2D eigenvalue weighted by Crippen LogP contribution is 2.32. The topological polar surface area (TPSA) is 59.9 Å². The zero-order valence-corrected chi connectivity index (χ0v) is 11.5. The Bertz CT molecular complexity index is 710. The highest BCUT2D eigenvalue weighted by molar-refractivity contribution is 5.95. The van der Waals surface area contributed by atoms with Crippen molar-refractivity contribution in [3.8, 4) is 11.5 Å². The van der Waals surface area contributed by atoms with Gasteiger partial charge in [-0.15, -0.1) is 0 Å². The first-order valence-corrected chi connectivity index (χ1v) is 6.52. The van der Waals surface area contributed by atoms with Gasteiger partial charge in [-0.1, -0.05) is 29.8 Å². The van der Waals surface area contributed by atoms with E-state index in [-0.39, 0.29) is 12.7 Å². The second-order valence-electron chi connectivity index (χ2n) is 4.68. The van der Waals surface area contributed by atoms with Gasteiger partial charge in [-0.05, 0) is 30.7 Å². The number of hydrogen-bond donors (Lipinski definition) is 1. The van der Waals surface area contributed by atoms with Gasteiger partial charge in [-0.2, -0.15) is 5.10 Å². The summed E-state index contributed by atoms with van der Waals surface area (Å²) in [6.45, 7) is 2.19. The lowest BCUT2D eigenvalue weighted by atomic mass is 10.2. The number of benzene rings is 2. The van der Waals surface area contributed by atoms with Gasteiger partial charge in [0.05, 0.1) is 6.21 Å². The van der Waals surface area contributed by atoms with E-state index in [2.05, 4.69) is 10.5 Å². The number of nitrogens with zero attached hydrogens (tertiary/aromatic N) is 1. The van der Waals surface area contributed by atoms with E-state index in [1.165, 1.54) is 0 Å². The molecule has 5 heteroatoms. The van der Waals surface area contributed by atoms with Crippen molar-refractivity contribution < 1.29 is 14.3 Å². The molecule has 3 rings (SSSR count). The molecule has 0 bridgehead atoms. The van der Waals surface area contributed by atoms with Crippen LogP contribution in [-0.4, -0.2) is 18.9 Å². The molecule has 1 aliphatic heterocycles. The number of fused-ring (bicyclic) bond motifs is 1. The van der Waals surface area contributed by atoms with Crippen molar-refractivity contribution in [3.63, 3.8) is 0 Å². The molecule has 106 valence electrons. The fourth-order valence-corrected chi connectivity index (χ4v) is 2.02. The average molecular weight is 282 g/mol. The minimum atomic E-state index is -0.294. The fourth-order valence-electron chi connectivity index (χ4n) is 2.02. The third-order valence-corrected chi connectivity index (χ3v) is 3.06. The van der Waals surface area contributed by atoms with Gasteiger partial charge in [0.25, 0.3) is 5.91 Å². The lowest BCUT2D eigenvalue weighted by molar-refractivity contribution is 0.0954. The Morgan fingerprint density at radius 3 is 2.90 bits per heavy atom. The predicted octanol–water partition coefficient (Wildman–Crippen LogP) is 2.49. The largest absolute Gasteiger partial charge is 0.454 e. The number of carbonyl (C=O) groups excluding carboxylic acids is 1. The zero-order chi connectivity index (χ0) is 14.7. The fraction of sp³-hybridized carbons (Fsp3) is 0.125. The summed E-state index contributed by atoms with van der Waals surface area (Å²) in [4.78, 5) is 12.0. The molecule has 2 aromatic carbocycles. The van der Waals surface area contributed by atoms with Crippen LogP contribution in [0, 0.1) is 6.92 Å². The molecule has 5 nitrogen and oxygen atoms in total. The molecular weight excluding hydrogens is 268 g/mol. The molecule has 1 aliphatic rings. The highest BCUT2D eigenvalue weighted by Gasteiger charge is 2.15. The monoisotopic (exact) mass is 282 g/mol. The van der Waals surface area contributed by atoms with Crippen molar-refractivity contribution in [1.82, 2.24) is 5.43 Å². The second kappa shape index (κ2) is 5.66. The van der Waals surface area contributed by atoms with Crippen LogP contribution in [0.15, 0.2) is 47.6 Å². The van der Waals surface area contributed by atoms with Crippen molar-refractivity contribution in [3.05, 3.63) is 59.2 Å². The lowest BCUT2D eigenvalue weighted by Crippen LogP contribution is -2.17. The zero-order valence-electron chi connectivity index (χ0n) is 11.5. The Morgan fingerprint density at radius 1 is 1.19 bits per heavy atom. The molecule has 1 amide bonds. The smallest absolute Gasteiger partial charge is 0.271 e. The highest BCUT2D eigenvalue weighted by atomic mass is 16.7. The molecule has 0 radical (unpaired) electrons. The van der Waals surface area contributed by atoms with Crippen molar-refractivity contribution in [2.75, 3.05) is 6.79 Å². The summed E-state index contributed by atoms with van der Waals surface area (Å²) in [6, 6.07) is 12.9. The number of carbonyl (C=O) groups is 1. The summed E-state index contributed by atoms with van der Waals surface area (Å²) in [5, 5.41) is 3.96. The number of aryl methyl sites for hydroxylation is 1. The van der Waals surface area contributed by atoms with Crippen molar-refractivity contribution >= 4 is 12.1 Å². The van der Waals surface area contributed by atoms with Gasteiger partial charge in [0, 0.05) is 5.56 Å². The van der Waals surface area contributed by atoms with Gasteiger partial charge in [-0.25, -0.2) is 5.43 Å². The molecule has 0 saturated heterocycles. The first kappa shape index (κ1) is 13.2. The minimum absolute atomic E-state index is 0.186. The Kier molecular flexibility index (Phi) is 3.55. The van der Waals surface area contributed by atoms with E-state index in [9.17, 15) is 4.79 Å². The van der Waals surface area contributed by atoms with Gasteiger partial charge in [-0.3, -0.25) is 4.79 Å². The van der Waals surface area contributed by atoms with Gasteiger partial charge in [0.15, 0.2) is 11.5 Å². The molecule has 0 aromatic heterocycles. The van der Waals surface area contributed by atoms with E-state index in [1.54, 1.807) is 24.4 Å². The number of ether oxygens (including phenoxy) is 2. The summed E-state index contributed by atoms with van der Waals surface area (Å²) in [5.41, 5.74) is 5.04. The van der Waals surface area contributed by atoms with E-state index < -0.39 is 0 Å². The van der Waals surface area contributed by atoms with Crippen molar-refractivity contribution in [2.45, 2.75) is 6.92 Å². The third kappa shape index (κ3) is 3.02. The number of nitrogens with one attached hydrogen (secondary N) is 1. The van der Waals surface area contributed by atoms with Gasteiger partial charge >= 0.3 is 0 Å².